The van der Waals surface area contributed by atoms with Crippen molar-refractivity contribution in [3.8, 4) is 0 Å². The Bertz CT molecular complexity index is 522. The standard InChI is InChI=1S/C13H12ClNOS/c1-10-2-6-12(7-3-10)15-17(16)13-8-4-11(14)5-9-13/h2-9,15H,1H3. The van der Waals surface area contributed by atoms with Gasteiger partial charge in [-0.3, -0.25) is 0 Å². The summed E-state index contributed by atoms with van der Waals surface area (Å²) in [6.45, 7) is 2.01. The maximum Gasteiger partial charge on any atom is 0.150 e. The van der Waals surface area contributed by atoms with Gasteiger partial charge < -0.3 is 4.72 Å². The lowest BCUT2D eigenvalue weighted by atomic mass is 10.2. The molecule has 0 spiro atoms. The van der Waals surface area contributed by atoms with Crippen LogP contribution in [0.3, 0.4) is 0 Å². The van der Waals surface area contributed by atoms with Crippen LogP contribution in [0.15, 0.2) is 53.4 Å². The van der Waals surface area contributed by atoms with E-state index in [1.165, 1.54) is 5.56 Å². The highest BCUT2D eigenvalue weighted by molar-refractivity contribution is 7.86. The molecule has 17 heavy (non-hydrogen) atoms. The van der Waals surface area contributed by atoms with Crippen molar-refractivity contribution in [2.24, 2.45) is 0 Å². The first kappa shape index (κ1) is 12.1. The Morgan fingerprint density at radius 1 is 1.00 bits per heavy atom. The average molecular weight is 266 g/mol. The highest BCUT2D eigenvalue weighted by Crippen LogP contribution is 2.15. The van der Waals surface area contributed by atoms with Crippen LogP contribution in [0.25, 0.3) is 0 Å². The van der Waals surface area contributed by atoms with E-state index < -0.39 is 11.0 Å². The van der Waals surface area contributed by atoms with Gasteiger partial charge in [-0.1, -0.05) is 29.3 Å². The zero-order chi connectivity index (χ0) is 12.3. The summed E-state index contributed by atoms with van der Waals surface area (Å²) in [6.07, 6.45) is 0. The third-order valence-corrected chi connectivity index (χ3v) is 3.66. The monoisotopic (exact) mass is 265 g/mol. The second-order valence-electron chi connectivity index (χ2n) is 3.69. The van der Waals surface area contributed by atoms with Gasteiger partial charge in [0, 0.05) is 10.7 Å². The number of halogens is 1. The highest BCUT2D eigenvalue weighted by atomic mass is 35.5. The molecule has 1 atom stereocenters. The topological polar surface area (TPSA) is 29.1 Å². The molecule has 0 radical (unpaired) electrons. The number of nitrogens with one attached hydrogen (secondary N) is 1. The van der Waals surface area contributed by atoms with E-state index >= 15 is 0 Å². The van der Waals surface area contributed by atoms with Gasteiger partial charge in [-0.2, -0.15) is 0 Å². The van der Waals surface area contributed by atoms with Crippen LogP contribution in [-0.2, 0) is 11.0 Å². The molecule has 2 aromatic carbocycles. The normalized spacial score (nSPS) is 12.1. The molecular formula is C13H12ClNOS. The van der Waals surface area contributed by atoms with Gasteiger partial charge >= 0.3 is 0 Å². The van der Waals surface area contributed by atoms with Crippen molar-refractivity contribution in [1.29, 1.82) is 0 Å². The van der Waals surface area contributed by atoms with Gasteiger partial charge in [-0.15, -0.1) is 0 Å². The van der Waals surface area contributed by atoms with Crippen LogP contribution in [-0.4, -0.2) is 4.21 Å². The molecule has 0 fully saturated rings. The minimum Gasteiger partial charge on any atom is -0.301 e. The second kappa shape index (κ2) is 5.34. The summed E-state index contributed by atoms with van der Waals surface area (Å²) in [4.78, 5) is 0.704. The minimum absolute atomic E-state index is 0.640. The molecule has 0 amide bonds. The summed E-state index contributed by atoms with van der Waals surface area (Å²) in [5.74, 6) is 0. The average Bonchev–Trinajstić information content (AvgIpc) is 2.33. The second-order valence-corrected chi connectivity index (χ2v) is 5.34. The van der Waals surface area contributed by atoms with Gasteiger partial charge in [0.05, 0.1) is 4.90 Å². The summed E-state index contributed by atoms with van der Waals surface area (Å²) >= 11 is 5.77. The van der Waals surface area contributed by atoms with E-state index in [9.17, 15) is 4.21 Å². The summed E-state index contributed by atoms with van der Waals surface area (Å²) in [5, 5.41) is 0.640. The summed E-state index contributed by atoms with van der Waals surface area (Å²) in [5.41, 5.74) is 2.01. The van der Waals surface area contributed by atoms with E-state index in [4.69, 9.17) is 11.6 Å². The van der Waals surface area contributed by atoms with E-state index in [2.05, 4.69) is 4.72 Å². The van der Waals surface area contributed by atoms with Crippen LogP contribution >= 0.6 is 11.6 Å². The molecule has 0 aliphatic rings. The SMILES string of the molecule is Cc1ccc(NS(=O)c2ccc(Cl)cc2)cc1. The van der Waals surface area contributed by atoms with E-state index in [0.29, 0.717) is 9.92 Å². The number of aryl methyl sites for hydroxylation is 1. The molecule has 88 valence electrons. The van der Waals surface area contributed by atoms with Crippen LogP contribution < -0.4 is 4.72 Å². The number of hydrogen-bond acceptors (Lipinski definition) is 1. The summed E-state index contributed by atoms with van der Waals surface area (Å²) in [7, 11) is -1.26. The molecule has 1 N–H and O–H groups in total. The predicted octanol–water partition coefficient (Wildman–Crippen LogP) is 3.78. The molecule has 0 aromatic heterocycles. The first-order chi connectivity index (χ1) is 8.15. The molecular weight excluding hydrogens is 254 g/mol. The van der Waals surface area contributed by atoms with Crippen molar-refractivity contribution in [3.63, 3.8) is 0 Å². The summed E-state index contributed by atoms with van der Waals surface area (Å²) in [6, 6.07) is 14.7. The molecule has 1 unspecified atom stereocenters. The Morgan fingerprint density at radius 2 is 1.59 bits per heavy atom. The molecule has 0 saturated carbocycles. The zero-order valence-corrected chi connectivity index (χ0v) is 10.9. The number of benzene rings is 2. The maximum absolute atomic E-state index is 12.0. The molecule has 0 heterocycles. The Balaban J connectivity index is 2.11. The van der Waals surface area contributed by atoms with E-state index in [-0.39, 0.29) is 0 Å². The third kappa shape index (κ3) is 3.32. The lowest BCUT2D eigenvalue weighted by Gasteiger charge is -2.06. The van der Waals surface area contributed by atoms with Crippen molar-refractivity contribution < 1.29 is 4.21 Å². The lowest BCUT2D eigenvalue weighted by molar-refractivity contribution is 0.686. The van der Waals surface area contributed by atoms with Gasteiger partial charge in [-0.05, 0) is 43.3 Å². The van der Waals surface area contributed by atoms with Crippen LogP contribution in [0.5, 0.6) is 0 Å². The lowest BCUT2D eigenvalue weighted by Crippen LogP contribution is -2.04. The fourth-order valence-electron chi connectivity index (χ4n) is 1.35. The van der Waals surface area contributed by atoms with Crippen molar-refractivity contribution in [1.82, 2.24) is 0 Å². The first-order valence-electron chi connectivity index (χ1n) is 5.16. The third-order valence-electron chi connectivity index (χ3n) is 2.29. The Labute approximate surface area is 108 Å². The Morgan fingerprint density at radius 3 is 2.18 bits per heavy atom. The molecule has 0 saturated heterocycles. The quantitative estimate of drug-likeness (QED) is 0.899. The Kier molecular flexibility index (Phi) is 3.82. The molecule has 0 bridgehead atoms. The van der Waals surface area contributed by atoms with Crippen LogP contribution in [0.1, 0.15) is 5.56 Å². The molecule has 2 rings (SSSR count). The van der Waals surface area contributed by atoms with Crippen LogP contribution in [0, 0.1) is 6.92 Å². The minimum atomic E-state index is -1.26. The Hall–Kier alpha value is -1.32. The molecule has 4 heteroatoms. The van der Waals surface area contributed by atoms with Gasteiger partial charge in [0.1, 0.15) is 11.0 Å². The van der Waals surface area contributed by atoms with Crippen LogP contribution in [0.4, 0.5) is 5.69 Å². The van der Waals surface area contributed by atoms with E-state index in [1.54, 1.807) is 24.3 Å². The molecule has 2 aromatic rings. The fraction of sp³-hybridized carbons (Fsp3) is 0.0769. The van der Waals surface area contributed by atoms with Crippen molar-refractivity contribution in [3.05, 3.63) is 59.1 Å². The van der Waals surface area contributed by atoms with Gasteiger partial charge in [0.2, 0.25) is 0 Å². The fourth-order valence-corrected chi connectivity index (χ4v) is 2.32. The van der Waals surface area contributed by atoms with E-state index in [1.807, 2.05) is 31.2 Å². The zero-order valence-electron chi connectivity index (χ0n) is 9.31. The summed E-state index contributed by atoms with van der Waals surface area (Å²) < 4.78 is 14.9. The van der Waals surface area contributed by atoms with Crippen molar-refractivity contribution >= 4 is 28.3 Å². The number of rotatable bonds is 3. The predicted molar refractivity (Wildman–Crippen MR) is 72.7 cm³/mol. The molecule has 0 aliphatic carbocycles. The number of hydrogen-bond donors (Lipinski definition) is 1. The van der Waals surface area contributed by atoms with Gasteiger partial charge in [-0.25, -0.2) is 4.21 Å². The van der Waals surface area contributed by atoms with Crippen LogP contribution in [0.2, 0.25) is 5.02 Å². The first-order valence-corrected chi connectivity index (χ1v) is 6.68. The van der Waals surface area contributed by atoms with Gasteiger partial charge in [0.25, 0.3) is 0 Å². The highest BCUT2D eigenvalue weighted by Gasteiger charge is 2.03. The van der Waals surface area contributed by atoms with E-state index in [0.717, 1.165) is 5.69 Å². The molecule has 2 nitrogen and oxygen atoms in total. The van der Waals surface area contributed by atoms with Crippen molar-refractivity contribution in [2.75, 3.05) is 4.72 Å². The smallest absolute Gasteiger partial charge is 0.150 e. The maximum atomic E-state index is 12.0. The van der Waals surface area contributed by atoms with Gasteiger partial charge in [0.15, 0.2) is 0 Å². The molecule has 0 aliphatic heterocycles. The largest absolute Gasteiger partial charge is 0.301 e. The number of anilines is 1. The van der Waals surface area contributed by atoms with Crippen molar-refractivity contribution in [2.45, 2.75) is 11.8 Å².